The summed E-state index contributed by atoms with van der Waals surface area (Å²) in [6.07, 6.45) is -0.829. The lowest BCUT2D eigenvalue weighted by Gasteiger charge is -2.24. The van der Waals surface area contributed by atoms with Gasteiger partial charge in [-0.15, -0.1) is 0 Å². The van der Waals surface area contributed by atoms with Crippen LogP contribution in [0.25, 0.3) is 11.2 Å². The summed E-state index contributed by atoms with van der Waals surface area (Å²) < 4.78 is 17.8. The number of benzene rings is 1. The Morgan fingerprint density at radius 3 is 2.74 bits per heavy atom. The molecule has 162 valence electrons. The van der Waals surface area contributed by atoms with E-state index in [2.05, 4.69) is 15.0 Å². The van der Waals surface area contributed by atoms with Crippen LogP contribution in [0.2, 0.25) is 5.02 Å². The maximum Gasteiger partial charge on any atom is 0.338 e. The van der Waals surface area contributed by atoms with Crippen molar-refractivity contribution in [3.8, 4) is 0 Å². The van der Waals surface area contributed by atoms with Crippen LogP contribution in [-0.4, -0.2) is 72.8 Å². The molecule has 5 rings (SSSR count). The minimum Gasteiger partial charge on any atom is -0.459 e. The van der Waals surface area contributed by atoms with Crippen molar-refractivity contribution >= 4 is 28.7 Å². The molecule has 1 saturated carbocycles. The maximum atomic E-state index is 12.3. The number of hydrogen-bond donors (Lipinski definition) is 3. The van der Waals surface area contributed by atoms with E-state index >= 15 is 0 Å². The Labute approximate surface area is 179 Å². The lowest BCUT2D eigenvalue weighted by atomic mass is 10.1. The number of carbonyl (C=O) groups is 1. The zero-order valence-corrected chi connectivity index (χ0v) is 16.8. The van der Waals surface area contributed by atoms with E-state index in [4.69, 9.17) is 25.8 Å². The number of ether oxygens (including phenoxy) is 3. The highest BCUT2D eigenvalue weighted by atomic mass is 35.5. The molecule has 31 heavy (non-hydrogen) atoms. The summed E-state index contributed by atoms with van der Waals surface area (Å²) >= 11 is 5.82. The number of nitrogens with one attached hydrogen (secondary N) is 1. The molecule has 1 aliphatic heterocycles. The number of aromatic amines is 1. The smallest absolute Gasteiger partial charge is 0.338 e. The van der Waals surface area contributed by atoms with Gasteiger partial charge >= 0.3 is 5.97 Å². The number of carbonyl (C=O) groups excluding carboxylic acids is 1. The van der Waals surface area contributed by atoms with Gasteiger partial charge in [0.15, 0.2) is 28.6 Å². The number of esters is 1. The van der Waals surface area contributed by atoms with Crippen LogP contribution >= 0.6 is 11.6 Å². The highest BCUT2D eigenvalue weighted by Crippen LogP contribution is 2.64. The molecule has 1 aromatic carbocycles. The third-order valence-electron chi connectivity index (χ3n) is 5.82. The second-order valence-electron chi connectivity index (χ2n) is 7.40. The number of rotatable bonds is 5. The highest BCUT2D eigenvalue weighted by molar-refractivity contribution is 6.30. The van der Waals surface area contributed by atoms with E-state index in [0.29, 0.717) is 5.02 Å². The van der Waals surface area contributed by atoms with Crippen molar-refractivity contribution in [2.75, 3.05) is 13.7 Å². The molecule has 0 amide bonds. The van der Waals surface area contributed by atoms with E-state index in [1.165, 1.54) is 36.5 Å². The van der Waals surface area contributed by atoms with Gasteiger partial charge in [-0.25, -0.2) is 14.8 Å². The van der Waals surface area contributed by atoms with Gasteiger partial charge in [-0.05, 0) is 24.3 Å². The first-order chi connectivity index (χ1) is 14.8. The molecule has 12 heteroatoms. The Bertz CT molecular complexity index is 1230. The molecule has 2 fully saturated rings. The topological polar surface area (TPSA) is 149 Å². The Balaban J connectivity index is 1.42. The van der Waals surface area contributed by atoms with Gasteiger partial charge < -0.3 is 29.4 Å². The standard InChI is InChI=1S/C19H17ClN4O7/c1-29-16-18(27)11(6-30-15(26)9-2-4-10(20)5-3-9)31-17(19(16,18)28)24-8-23-12-13(24)21-7-22-14(12)25/h2-5,7-8,11,16-17,27-28H,6H2,1H3,(H,21,22,25)/t11-,16?,17-,18+,19+/m1/s1. The molecule has 3 aromatic rings. The molecule has 0 radical (unpaired) electrons. The molecule has 0 bridgehead atoms. The first-order valence-corrected chi connectivity index (χ1v) is 9.66. The molecule has 0 spiro atoms. The molecule has 5 atom stereocenters. The molecule has 2 aliphatic rings. The van der Waals surface area contributed by atoms with Crippen molar-refractivity contribution in [2.24, 2.45) is 0 Å². The molecule has 1 unspecified atom stereocenters. The SMILES string of the molecule is COC1[C@@]2(O)[C@@H](COC(=O)c3ccc(Cl)cc3)O[C@@H](n3cnc4c(=O)[nH]cnc43)[C@@]12O. The van der Waals surface area contributed by atoms with Gasteiger partial charge in [0.2, 0.25) is 0 Å². The van der Waals surface area contributed by atoms with Crippen LogP contribution in [0.4, 0.5) is 0 Å². The predicted octanol–water partition coefficient (Wildman–Crippen LogP) is 0.0182. The van der Waals surface area contributed by atoms with Crippen LogP contribution in [0.15, 0.2) is 41.7 Å². The number of aliphatic hydroxyl groups is 2. The molecular formula is C19H17ClN4O7. The Morgan fingerprint density at radius 2 is 2.03 bits per heavy atom. The highest BCUT2D eigenvalue weighted by Gasteiger charge is 2.89. The van der Waals surface area contributed by atoms with Crippen LogP contribution in [0.3, 0.4) is 0 Å². The van der Waals surface area contributed by atoms with Gasteiger partial charge in [0, 0.05) is 12.1 Å². The normalized spacial score (nSPS) is 31.5. The molecule has 3 N–H and O–H groups in total. The van der Waals surface area contributed by atoms with Crippen LogP contribution in [0.1, 0.15) is 16.6 Å². The molecule has 3 heterocycles. The van der Waals surface area contributed by atoms with Gasteiger partial charge in [-0.3, -0.25) is 9.36 Å². The van der Waals surface area contributed by atoms with Crippen LogP contribution in [0.5, 0.6) is 0 Å². The second kappa shape index (κ2) is 6.84. The summed E-state index contributed by atoms with van der Waals surface area (Å²) in [6, 6.07) is 6.11. The fraction of sp³-hybridized carbons (Fsp3) is 0.368. The second-order valence-corrected chi connectivity index (χ2v) is 7.84. The third kappa shape index (κ3) is 2.68. The van der Waals surface area contributed by atoms with Crippen LogP contribution in [0, 0.1) is 0 Å². The van der Waals surface area contributed by atoms with Crippen molar-refractivity contribution < 1.29 is 29.2 Å². The van der Waals surface area contributed by atoms with Crippen LogP contribution in [-0.2, 0) is 14.2 Å². The minimum absolute atomic E-state index is 0.0467. The number of imidazole rings is 1. The van der Waals surface area contributed by atoms with Crippen LogP contribution < -0.4 is 5.56 Å². The van der Waals surface area contributed by atoms with Crippen molar-refractivity contribution in [3.63, 3.8) is 0 Å². The fourth-order valence-electron chi connectivity index (χ4n) is 4.23. The molecular weight excluding hydrogens is 432 g/mol. The van der Waals surface area contributed by atoms with Gasteiger partial charge in [0.1, 0.15) is 18.8 Å². The summed E-state index contributed by atoms with van der Waals surface area (Å²) in [6.45, 7) is -0.350. The zero-order chi connectivity index (χ0) is 22.0. The van der Waals surface area contributed by atoms with Gasteiger partial charge in [-0.1, -0.05) is 11.6 Å². The van der Waals surface area contributed by atoms with Gasteiger partial charge in [-0.2, -0.15) is 0 Å². The lowest BCUT2D eigenvalue weighted by molar-refractivity contribution is -0.130. The average Bonchev–Trinajstić information content (AvgIpc) is 3.02. The van der Waals surface area contributed by atoms with E-state index < -0.39 is 41.2 Å². The molecule has 11 nitrogen and oxygen atoms in total. The first kappa shape index (κ1) is 20.1. The van der Waals surface area contributed by atoms with Crippen molar-refractivity contribution in [3.05, 3.63) is 57.9 Å². The summed E-state index contributed by atoms with van der Waals surface area (Å²) in [5, 5.41) is 22.8. The van der Waals surface area contributed by atoms with Crippen molar-refractivity contribution in [1.82, 2.24) is 19.5 Å². The third-order valence-corrected chi connectivity index (χ3v) is 6.07. The summed E-state index contributed by atoms with van der Waals surface area (Å²) in [5.41, 5.74) is -3.70. The van der Waals surface area contributed by atoms with Crippen molar-refractivity contribution in [2.45, 2.75) is 29.6 Å². The minimum atomic E-state index is -1.86. The van der Waals surface area contributed by atoms with Gasteiger partial charge in [0.25, 0.3) is 5.56 Å². The number of nitrogens with zero attached hydrogens (tertiary/aromatic N) is 3. The van der Waals surface area contributed by atoms with E-state index in [-0.39, 0.29) is 23.3 Å². The Morgan fingerprint density at radius 1 is 1.29 bits per heavy atom. The average molecular weight is 449 g/mol. The Kier molecular flexibility index (Phi) is 4.43. The first-order valence-electron chi connectivity index (χ1n) is 9.28. The summed E-state index contributed by atoms with van der Waals surface area (Å²) in [4.78, 5) is 34.8. The molecule has 1 saturated heterocycles. The largest absolute Gasteiger partial charge is 0.459 e. The maximum absolute atomic E-state index is 12.3. The number of halogens is 1. The number of hydrogen-bond acceptors (Lipinski definition) is 9. The quantitative estimate of drug-likeness (QED) is 0.459. The summed E-state index contributed by atoms with van der Waals surface area (Å²) in [7, 11) is 1.34. The van der Waals surface area contributed by atoms with E-state index in [1.807, 2.05) is 0 Å². The zero-order valence-electron chi connectivity index (χ0n) is 16.1. The Hall–Kier alpha value is -2.83. The number of H-pyrrole nitrogens is 1. The fourth-order valence-corrected chi connectivity index (χ4v) is 4.36. The monoisotopic (exact) mass is 448 g/mol. The van der Waals surface area contributed by atoms with Crippen molar-refractivity contribution in [1.29, 1.82) is 0 Å². The summed E-state index contributed by atoms with van der Waals surface area (Å²) in [5.74, 6) is -0.647. The van der Waals surface area contributed by atoms with E-state index in [9.17, 15) is 19.8 Å². The van der Waals surface area contributed by atoms with E-state index in [1.54, 1.807) is 12.1 Å². The number of fused-ring (bicyclic) bond motifs is 2. The lowest BCUT2D eigenvalue weighted by Crippen LogP contribution is -2.37. The molecule has 2 aromatic heterocycles. The van der Waals surface area contributed by atoms with E-state index in [0.717, 1.165) is 0 Å². The number of aromatic nitrogens is 4. The van der Waals surface area contributed by atoms with Gasteiger partial charge in [0.05, 0.1) is 18.2 Å². The number of methoxy groups -OCH3 is 1. The predicted molar refractivity (Wildman–Crippen MR) is 104 cm³/mol. The molecule has 1 aliphatic carbocycles.